The number of aromatic nitrogens is 1. The summed E-state index contributed by atoms with van der Waals surface area (Å²) in [6, 6.07) is 18.0. The van der Waals surface area contributed by atoms with Gasteiger partial charge in [0.1, 0.15) is 5.01 Å². The number of benzene rings is 2. The monoisotopic (exact) mass is 281 g/mol. The lowest BCUT2D eigenvalue weighted by Crippen LogP contribution is -1.96. The lowest BCUT2D eigenvalue weighted by Gasteiger charge is -2.03. The van der Waals surface area contributed by atoms with E-state index >= 15 is 0 Å². The second-order valence-electron chi connectivity index (χ2n) is 4.47. The van der Waals surface area contributed by atoms with Gasteiger partial charge >= 0.3 is 0 Å². The van der Waals surface area contributed by atoms with Gasteiger partial charge in [-0.1, -0.05) is 18.2 Å². The van der Waals surface area contributed by atoms with Crippen LogP contribution in [0.4, 0.5) is 11.4 Å². The third-order valence-corrected chi connectivity index (χ3v) is 4.00. The van der Waals surface area contributed by atoms with Gasteiger partial charge < -0.3 is 11.1 Å². The predicted molar refractivity (Wildman–Crippen MR) is 85.7 cm³/mol. The molecule has 0 bridgehead atoms. The van der Waals surface area contributed by atoms with Crippen LogP contribution in [0.25, 0.3) is 10.6 Å². The first-order valence-corrected chi connectivity index (χ1v) is 7.22. The van der Waals surface area contributed by atoms with Crippen LogP contribution in [0, 0.1) is 0 Å². The molecule has 1 aromatic heterocycles. The van der Waals surface area contributed by atoms with Gasteiger partial charge in [0.05, 0.1) is 6.54 Å². The molecule has 2 aromatic carbocycles. The van der Waals surface area contributed by atoms with E-state index in [1.54, 1.807) is 11.3 Å². The normalized spacial score (nSPS) is 10.4. The van der Waals surface area contributed by atoms with E-state index in [9.17, 15) is 0 Å². The molecule has 0 atom stereocenters. The highest BCUT2D eigenvalue weighted by Crippen LogP contribution is 2.26. The number of para-hydroxylation sites is 1. The zero-order chi connectivity index (χ0) is 13.8. The minimum absolute atomic E-state index is 0.774. The lowest BCUT2D eigenvalue weighted by molar-refractivity contribution is 1.17. The summed E-state index contributed by atoms with van der Waals surface area (Å²) in [4.78, 5) is 5.68. The van der Waals surface area contributed by atoms with Crippen LogP contribution in [0.15, 0.2) is 60.8 Å². The van der Waals surface area contributed by atoms with Gasteiger partial charge in [-0.15, -0.1) is 11.3 Å². The molecule has 1 heterocycles. The summed E-state index contributed by atoms with van der Waals surface area (Å²) in [6.45, 7) is 0.788. The van der Waals surface area contributed by atoms with Gasteiger partial charge in [0.15, 0.2) is 0 Å². The molecular weight excluding hydrogens is 266 g/mol. The van der Waals surface area contributed by atoms with E-state index in [1.807, 2.05) is 48.7 Å². The lowest BCUT2D eigenvalue weighted by atomic mass is 10.2. The Morgan fingerprint density at radius 1 is 1.00 bits per heavy atom. The Kier molecular flexibility index (Phi) is 3.65. The molecule has 3 rings (SSSR count). The maximum atomic E-state index is 5.70. The van der Waals surface area contributed by atoms with E-state index in [0.717, 1.165) is 28.5 Å². The second-order valence-corrected chi connectivity index (χ2v) is 5.59. The highest BCUT2D eigenvalue weighted by molar-refractivity contribution is 7.15. The Bertz CT molecular complexity index is 674. The maximum absolute atomic E-state index is 5.70. The molecular formula is C16H15N3S. The predicted octanol–water partition coefficient (Wildman–Crippen LogP) is 4.00. The van der Waals surface area contributed by atoms with Crippen LogP contribution in [0.1, 0.15) is 4.88 Å². The van der Waals surface area contributed by atoms with Gasteiger partial charge in [-0.2, -0.15) is 0 Å². The van der Waals surface area contributed by atoms with E-state index in [1.165, 1.54) is 4.88 Å². The van der Waals surface area contributed by atoms with Crippen molar-refractivity contribution in [3.8, 4) is 10.6 Å². The third kappa shape index (κ3) is 2.97. The van der Waals surface area contributed by atoms with Crippen LogP contribution in [-0.2, 0) is 6.54 Å². The summed E-state index contributed by atoms with van der Waals surface area (Å²) in [6.07, 6.45) is 1.92. The van der Waals surface area contributed by atoms with Crippen LogP contribution >= 0.6 is 11.3 Å². The molecule has 0 unspecified atom stereocenters. The van der Waals surface area contributed by atoms with Crippen LogP contribution in [0.3, 0.4) is 0 Å². The van der Waals surface area contributed by atoms with Crippen LogP contribution in [-0.4, -0.2) is 4.98 Å². The Hall–Kier alpha value is -2.33. The molecule has 100 valence electrons. The summed E-state index contributed by atoms with van der Waals surface area (Å²) in [7, 11) is 0. The number of rotatable bonds is 4. The molecule has 0 aliphatic carbocycles. The smallest absolute Gasteiger partial charge is 0.123 e. The van der Waals surface area contributed by atoms with Crippen molar-refractivity contribution < 1.29 is 0 Å². The van der Waals surface area contributed by atoms with Gasteiger partial charge in [-0.25, -0.2) is 4.98 Å². The van der Waals surface area contributed by atoms with Gasteiger partial charge in [0, 0.05) is 28.0 Å². The second kappa shape index (κ2) is 5.75. The molecule has 0 aliphatic rings. The molecule has 3 N–H and O–H groups in total. The standard InChI is InChI=1S/C16H15N3S/c17-13-8-6-12(7-9-13)16-19-11-15(20-16)10-18-14-4-2-1-3-5-14/h1-9,11,18H,10,17H2. The number of nitrogens with zero attached hydrogens (tertiary/aromatic N) is 1. The summed E-state index contributed by atoms with van der Waals surface area (Å²) >= 11 is 1.70. The molecule has 20 heavy (non-hydrogen) atoms. The number of nitrogens with two attached hydrogens (primary N) is 1. The molecule has 3 nitrogen and oxygen atoms in total. The molecule has 0 aliphatic heterocycles. The van der Waals surface area contributed by atoms with E-state index in [-0.39, 0.29) is 0 Å². The minimum atomic E-state index is 0.774. The summed E-state index contributed by atoms with van der Waals surface area (Å²) in [5.41, 5.74) is 8.70. The Labute approximate surface area is 122 Å². The minimum Gasteiger partial charge on any atom is -0.399 e. The highest BCUT2D eigenvalue weighted by Gasteiger charge is 2.04. The average molecular weight is 281 g/mol. The van der Waals surface area contributed by atoms with Crippen molar-refractivity contribution >= 4 is 22.7 Å². The van der Waals surface area contributed by atoms with Crippen molar-refractivity contribution in [2.24, 2.45) is 0 Å². The zero-order valence-corrected chi connectivity index (χ0v) is 11.7. The van der Waals surface area contributed by atoms with Crippen molar-refractivity contribution in [3.05, 3.63) is 65.7 Å². The van der Waals surface area contributed by atoms with Gasteiger partial charge in [0.2, 0.25) is 0 Å². The first-order valence-electron chi connectivity index (χ1n) is 6.41. The van der Waals surface area contributed by atoms with E-state index < -0.39 is 0 Å². The van der Waals surface area contributed by atoms with Crippen molar-refractivity contribution in [3.63, 3.8) is 0 Å². The van der Waals surface area contributed by atoms with Gasteiger partial charge in [-0.3, -0.25) is 0 Å². The third-order valence-electron chi connectivity index (χ3n) is 2.95. The topological polar surface area (TPSA) is 50.9 Å². The SMILES string of the molecule is Nc1ccc(-c2ncc(CNc3ccccc3)s2)cc1. The highest BCUT2D eigenvalue weighted by atomic mass is 32.1. The van der Waals surface area contributed by atoms with Crippen LogP contribution < -0.4 is 11.1 Å². The fraction of sp³-hybridized carbons (Fsp3) is 0.0625. The average Bonchev–Trinajstić information content (AvgIpc) is 2.96. The number of nitrogens with one attached hydrogen (secondary N) is 1. The Balaban J connectivity index is 1.69. The fourth-order valence-electron chi connectivity index (χ4n) is 1.89. The molecule has 0 spiro atoms. The largest absolute Gasteiger partial charge is 0.399 e. The Morgan fingerprint density at radius 2 is 1.75 bits per heavy atom. The number of anilines is 2. The molecule has 4 heteroatoms. The maximum Gasteiger partial charge on any atom is 0.123 e. The van der Waals surface area contributed by atoms with Crippen molar-refractivity contribution in [1.82, 2.24) is 4.98 Å². The molecule has 0 amide bonds. The number of nitrogen functional groups attached to an aromatic ring is 1. The van der Waals surface area contributed by atoms with Gasteiger partial charge in [-0.05, 0) is 36.4 Å². The number of thiazole rings is 1. The molecule has 3 aromatic rings. The first kappa shape index (κ1) is 12.7. The van der Waals surface area contributed by atoms with Crippen molar-refractivity contribution in [1.29, 1.82) is 0 Å². The summed E-state index contributed by atoms with van der Waals surface area (Å²) < 4.78 is 0. The quantitative estimate of drug-likeness (QED) is 0.711. The van der Waals surface area contributed by atoms with Crippen molar-refractivity contribution in [2.45, 2.75) is 6.54 Å². The molecule has 0 radical (unpaired) electrons. The molecule has 0 fully saturated rings. The van der Waals surface area contributed by atoms with Crippen LogP contribution in [0.5, 0.6) is 0 Å². The zero-order valence-electron chi connectivity index (χ0n) is 10.9. The summed E-state index contributed by atoms with van der Waals surface area (Å²) in [5.74, 6) is 0. The number of hydrogen-bond acceptors (Lipinski definition) is 4. The first-order chi connectivity index (χ1) is 9.81. The number of hydrogen-bond donors (Lipinski definition) is 2. The molecule has 0 saturated heterocycles. The van der Waals surface area contributed by atoms with Crippen LogP contribution in [0.2, 0.25) is 0 Å². The van der Waals surface area contributed by atoms with Gasteiger partial charge in [0.25, 0.3) is 0 Å². The molecule has 0 saturated carbocycles. The van der Waals surface area contributed by atoms with E-state index in [2.05, 4.69) is 22.4 Å². The fourth-order valence-corrected chi connectivity index (χ4v) is 2.75. The van der Waals surface area contributed by atoms with Crippen molar-refractivity contribution in [2.75, 3.05) is 11.1 Å². The van der Waals surface area contributed by atoms with E-state index in [4.69, 9.17) is 5.73 Å². The summed E-state index contributed by atoms with van der Waals surface area (Å²) in [5, 5.41) is 4.41. The van der Waals surface area contributed by atoms with E-state index in [0.29, 0.717) is 0 Å². The Morgan fingerprint density at radius 3 is 2.50 bits per heavy atom.